The molecular formula is C12H22N4S. The van der Waals surface area contributed by atoms with Gasteiger partial charge in [-0.2, -0.15) is 0 Å². The van der Waals surface area contributed by atoms with Gasteiger partial charge in [-0.3, -0.25) is 4.57 Å². The lowest BCUT2D eigenvalue weighted by molar-refractivity contribution is 0.526. The van der Waals surface area contributed by atoms with Crippen molar-refractivity contribution in [3.8, 4) is 0 Å². The monoisotopic (exact) mass is 254 g/mol. The van der Waals surface area contributed by atoms with E-state index < -0.39 is 0 Å². The summed E-state index contributed by atoms with van der Waals surface area (Å²) in [5.74, 6) is 1.84. The van der Waals surface area contributed by atoms with Crippen LogP contribution < -0.4 is 4.90 Å². The van der Waals surface area contributed by atoms with Crippen LogP contribution in [-0.2, 0) is 0 Å². The number of anilines is 1. The summed E-state index contributed by atoms with van der Waals surface area (Å²) in [4.78, 5) is 2.37. The molecule has 1 aliphatic heterocycles. The predicted octanol–water partition coefficient (Wildman–Crippen LogP) is 3.15. The summed E-state index contributed by atoms with van der Waals surface area (Å²) in [7, 11) is 0. The molecule has 1 aromatic rings. The minimum absolute atomic E-state index is 0.362. The number of H-pyrrole nitrogens is 1. The summed E-state index contributed by atoms with van der Waals surface area (Å²) in [6, 6.07) is 0.362. The first-order valence-electron chi connectivity index (χ1n) is 6.55. The summed E-state index contributed by atoms with van der Waals surface area (Å²) in [5, 5.41) is 7.30. The largest absolute Gasteiger partial charge is 0.341 e. The van der Waals surface area contributed by atoms with E-state index in [2.05, 4.69) is 40.4 Å². The predicted molar refractivity (Wildman–Crippen MR) is 73.0 cm³/mol. The van der Waals surface area contributed by atoms with Crippen molar-refractivity contribution in [2.24, 2.45) is 5.92 Å². The number of nitrogens with zero attached hydrogens (tertiary/aromatic N) is 3. The molecule has 1 N–H and O–H groups in total. The highest BCUT2D eigenvalue weighted by molar-refractivity contribution is 7.71. The number of rotatable bonds is 4. The van der Waals surface area contributed by atoms with E-state index in [0.717, 1.165) is 29.7 Å². The zero-order chi connectivity index (χ0) is 12.4. The zero-order valence-electron chi connectivity index (χ0n) is 10.9. The van der Waals surface area contributed by atoms with Crippen molar-refractivity contribution in [1.82, 2.24) is 14.8 Å². The van der Waals surface area contributed by atoms with E-state index in [1.165, 1.54) is 19.3 Å². The van der Waals surface area contributed by atoms with Gasteiger partial charge in [0, 0.05) is 19.1 Å². The van der Waals surface area contributed by atoms with Crippen LogP contribution in [0.25, 0.3) is 0 Å². The Morgan fingerprint density at radius 2 is 2.29 bits per heavy atom. The van der Waals surface area contributed by atoms with Crippen LogP contribution in [0.2, 0.25) is 0 Å². The highest BCUT2D eigenvalue weighted by Gasteiger charge is 2.25. The van der Waals surface area contributed by atoms with Gasteiger partial charge in [0.2, 0.25) is 5.95 Å². The summed E-state index contributed by atoms with van der Waals surface area (Å²) < 4.78 is 2.85. The first kappa shape index (κ1) is 12.6. The molecule has 4 nitrogen and oxygen atoms in total. The molecule has 2 heterocycles. The van der Waals surface area contributed by atoms with Crippen LogP contribution in [0.15, 0.2) is 0 Å². The van der Waals surface area contributed by atoms with Crippen molar-refractivity contribution >= 4 is 18.2 Å². The van der Waals surface area contributed by atoms with E-state index in [1.54, 1.807) is 0 Å². The summed E-state index contributed by atoms with van der Waals surface area (Å²) in [6.45, 7) is 8.78. The Kier molecular flexibility index (Phi) is 3.86. The first-order valence-corrected chi connectivity index (χ1v) is 6.96. The minimum Gasteiger partial charge on any atom is -0.341 e. The van der Waals surface area contributed by atoms with Crippen molar-refractivity contribution in [1.29, 1.82) is 0 Å². The van der Waals surface area contributed by atoms with Crippen molar-refractivity contribution in [2.45, 2.75) is 46.1 Å². The lowest BCUT2D eigenvalue weighted by Gasteiger charge is -2.20. The van der Waals surface area contributed by atoms with E-state index in [0.29, 0.717) is 6.04 Å². The van der Waals surface area contributed by atoms with Crippen molar-refractivity contribution in [2.75, 3.05) is 18.0 Å². The molecule has 96 valence electrons. The maximum Gasteiger partial charge on any atom is 0.225 e. The van der Waals surface area contributed by atoms with Crippen LogP contribution in [0.4, 0.5) is 5.95 Å². The highest BCUT2D eigenvalue weighted by Crippen LogP contribution is 2.26. The average Bonchev–Trinajstić information content (AvgIpc) is 2.84. The molecule has 0 saturated carbocycles. The number of nitrogens with one attached hydrogen (secondary N) is 1. The Balaban J connectivity index is 2.16. The summed E-state index contributed by atoms with van der Waals surface area (Å²) in [6.07, 6.45) is 3.88. The van der Waals surface area contributed by atoms with Crippen molar-refractivity contribution < 1.29 is 0 Å². The molecule has 0 spiro atoms. The van der Waals surface area contributed by atoms with Gasteiger partial charge >= 0.3 is 0 Å². The fourth-order valence-corrected chi connectivity index (χ4v) is 2.98. The smallest absolute Gasteiger partial charge is 0.225 e. The molecule has 5 heteroatoms. The van der Waals surface area contributed by atoms with Gasteiger partial charge in [-0.15, -0.1) is 5.10 Å². The SMILES string of the molecule is CCCC1CCN(c2n[nH]c(=S)n2C(C)C)C1. The van der Waals surface area contributed by atoms with Crippen LogP contribution in [-0.4, -0.2) is 27.9 Å². The van der Waals surface area contributed by atoms with Crippen LogP contribution in [0, 0.1) is 10.7 Å². The summed E-state index contributed by atoms with van der Waals surface area (Å²) >= 11 is 5.28. The fraction of sp³-hybridized carbons (Fsp3) is 0.833. The van der Waals surface area contributed by atoms with E-state index >= 15 is 0 Å². The molecule has 1 aromatic heterocycles. The minimum atomic E-state index is 0.362. The van der Waals surface area contributed by atoms with Gasteiger partial charge in [0.1, 0.15) is 0 Å². The molecule has 0 aromatic carbocycles. The maximum atomic E-state index is 5.28. The van der Waals surface area contributed by atoms with E-state index in [4.69, 9.17) is 12.2 Å². The van der Waals surface area contributed by atoms with E-state index in [1.807, 2.05) is 0 Å². The number of hydrogen-bond donors (Lipinski definition) is 1. The van der Waals surface area contributed by atoms with Crippen LogP contribution in [0.5, 0.6) is 0 Å². The Labute approximate surface area is 108 Å². The van der Waals surface area contributed by atoms with Gasteiger partial charge in [0.15, 0.2) is 4.77 Å². The Hall–Kier alpha value is -0.840. The third kappa shape index (κ3) is 2.54. The normalized spacial score (nSPS) is 20.5. The molecular weight excluding hydrogens is 232 g/mol. The van der Waals surface area contributed by atoms with Crippen LogP contribution in [0.1, 0.15) is 46.1 Å². The van der Waals surface area contributed by atoms with Gasteiger partial charge in [-0.05, 0) is 44.8 Å². The molecule has 1 fully saturated rings. The Bertz CT molecular complexity index is 420. The molecule has 1 aliphatic rings. The van der Waals surface area contributed by atoms with E-state index in [-0.39, 0.29) is 0 Å². The third-order valence-corrected chi connectivity index (χ3v) is 3.76. The molecule has 1 unspecified atom stereocenters. The third-order valence-electron chi connectivity index (χ3n) is 3.47. The van der Waals surface area contributed by atoms with Gasteiger partial charge in [-0.25, -0.2) is 5.10 Å². The molecule has 1 saturated heterocycles. The first-order chi connectivity index (χ1) is 8.13. The van der Waals surface area contributed by atoms with Gasteiger partial charge in [-0.1, -0.05) is 13.3 Å². The average molecular weight is 254 g/mol. The van der Waals surface area contributed by atoms with Crippen molar-refractivity contribution in [3.05, 3.63) is 4.77 Å². The molecule has 1 atom stereocenters. The van der Waals surface area contributed by atoms with Crippen LogP contribution in [0.3, 0.4) is 0 Å². The fourth-order valence-electron chi connectivity index (χ4n) is 2.64. The number of hydrogen-bond acceptors (Lipinski definition) is 3. The van der Waals surface area contributed by atoms with Gasteiger partial charge < -0.3 is 4.90 Å². The van der Waals surface area contributed by atoms with Crippen LogP contribution >= 0.6 is 12.2 Å². The highest BCUT2D eigenvalue weighted by atomic mass is 32.1. The molecule has 0 bridgehead atoms. The topological polar surface area (TPSA) is 36.9 Å². The molecule has 0 amide bonds. The van der Waals surface area contributed by atoms with Crippen molar-refractivity contribution in [3.63, 3.8) is 0 Å². The van der Waals surface area contributed by atoms with Gasteiger partial charge in [0.25, 0.3) is 0 Å². The second-order valence-electron chi connectivity index (χ2n) is 5.18. The van der Waals surface area contributed by atoms with E-state index in [9.17, 15) is 0 Å². The molecule has 2 rings (SSSR count). The molecule has 0 aliphatic carbocycles. The Morgan fingerprint density at radius 3 is 2.94 bits per heavy atom. The molecule has 17 heavy (non-hydrogen) atoms. The number of aromatic nitrogens is 3. The zero-order valence-corrected chi connectivity index (χ0v) is 11.8. The Morgan fingerprint density at radius 1 is 1.53 bits per heavy atom. The lowest BCUT2D eigenvalue weighted by atomic mass is 10.0. The summed E-state index contributed by atoms with van der Waals surface area (Å²) in [5.41, 5.74) is 0. The second-order valence-corrected chi connectivity index (χ2v) is 5.57. The standard InChI is InChI=1S/C12H22N4S/c1-4-5-10-6-7-15(8-10)11-13-14-12(17)16(11)9(2)3/h9-10H,4-8H2,1-3H3,(H,14,17). The molecule has 0 radical (unpaired) electrons. The maximum absolute atomic E-state index is 5.28. The lowest BCUT2D eigenvalue weighted by Crippen LogP contribution is -2.24. The second kappa shape index (κ2) is 5.21. The quantitative estimate of drug-likeness (QED) is 0.839. The number of aromatic amines is 1. The van der Waals surface area contributed by atoms with Gasteiger partial charge in [0.05, 0.1) is 0 Å².